The molecule has 1 aliphatic rings. The fourth-order valence-corrected chi connectivity index (χ4v) is 3.59. The smallest absolute Gasteiger partial charge is 0.228 e. The van der Waals surface area contributed by atoms with Crippen LogP contribution in [-0.4, -0.2) is 23.6 Å². The van der Waals surface area contributed by atoms with Crippen LogP contribution in [0.15, 0.2) is 42.5 Å². The fraction of sp³-hybridized carbons (Fsp3) is 0.316. The summed E-state index contributed by atoms with van der Waals surface area (Å²) in [7, 11) is 0. The molecule has 2 aromatic carbocycles. The van der Waals surface area contributed by atoms with Crippen LogP contribution >= 0.6 is 12.4 Å². The van der Waals surface area contributed by atoms with Gasteiger partial charge in [-0.25, -0.2) is 0 Å². The predicted molar refractivity (Wildman–Crippen MR) is 102 cm³/mol. The van der Waals surface area contributed by atoms with Crippen LogP contribution in [0.5, 0.6) is 0 Å². The number of hydrogen-bond donors (Lipinski definition) is 2. The van der Waals surface area contributed by atoms with E-state index in [2.05, 4.69) is 58.5 Å². The molecule has 5 heteroatoms. The number of benzene rings is 2. The number of rotatable bonds is 3. The van der Waals surface area contributed by atoms with E-state index in [-0.39, 0.29) is 24.2 Å². The molecule has 0 aliphatic carbocycles. The standard InChI is InChI=1S/C19H21N3O.ClH/c1-2-22-17-6-4-3-5-15(17)16-11-14(7-8-18(16)22)21-19(23)13-9-10-20-12-13;/h3-8,11,13,20H,2,9-10,12H2,1H3,(H,21,23);1H. The number of carbonyl (C=O) groups is 1. The van der Waals surface area contributed by atoms with Crippen LogP contribution in [0.3, 0.4) is 0 Å². The molecule has 1 saturated heterocycles. The molecular formula is C19H22ClN3O. The van der Waals surface area contributed by atoms with Gasteiger partial charge in [-0.15, -0.1) is 12.4 Å². The van der Waals surface area contributed by atoms with Crippen molar-refractivity contribution >= 4 is 45.8 Å². The highest BCUT2D eigenvalue weighted by Gasteiger charge is 2.22. The lowest BCUT2D eigenvalue weighted by molar-refractivity contribution is -0.119. The molecule has 4 nitrogen and oxygen atoms in total. The summed E-state index contributed by atoms with van der Waals surface area (Å²) in [5.74, 6) is 0.205. The maximum absolute atomic E-state index is 12.3. The van der Waals surface area contributed by atoms with Gasteiger partial charge in [0.2, 0.25) is 5.91 Å². The van der Waals surface area contributed by atoms with E-state index in [1.807, 2.05) is 6.07 Å². The summed E-state index contributed by atoms with van der Waals surface area (Å²) >= 11 is 0. The molecule has 24 heavy (non-hydrogen) atoms. The Hall–Kier alpha value is -2.04. The second kappa shape index (κ2) is 6.83. The number of amides is 1. The average molecular weight is 344 g/mol. The lowest BCUT2D eigenvalue weighted by atomic mass is 10.1. The molecule has 1 atom stereocenters. The highest BCUT2D eigenvalue weighted by atomic mass is 35.5. The third-order valence-electron chi connectivity index (χ3n) is 4.79. The van der Waals surface area contributed by atoms with Gasteiger partial charge in [0.1, 0.15) is 0 Å². The Morgan fingerprint density at radius 3 is 2.75 bits per heavy atom. The third-order valence-corrected chi connectivity index (χ3v) is 4.79. The van der Waals surface area contributed by atoms with Crippen LogP contribution in [0.25, 0.3) is 21.8 Å². The number of anilines is 1. The van der Waals surface area contributed by atoms with Crippen LogP contribution in [0.4, 0.5) is 5.69 Å². The quantitative estimate of drug-likeness (QED) is 0.760. The predicted octanol–water partition coefficient (Wildman–Crippen LogP) is 3.78. The van der Waals surface area contributed by atoms with E-state index in [1.54, 1.807) is 0 Å². The number of carbonyl (C=O) groups excluding carboxylic acids is 1. The molecule has 1 unspecified atom stereocenters. The maximum atomic E-state index is 12.3. The summed E-state index contributed by atoms with van der Waals surface area (Å²) < 4.78 is 2.32. The monoisotopic (exact) mass is 343 g/mol. The van der Waals surface area contributed by atoms with E-state index in [0.717, 1.165) is 31.7 Å². The lowest BCUT2D eigenvalue weighted by Gasteiger charge is -2.10. The molecule has 2 heterocycles. The number of nitrogens with zero attached hydrogens (tertiary/aromatic N) is 1. The molecule has 0 saturated carbocycles. The van der Waals surface area contributed by atoms with E-state index >= 15 is 0 Å². The van der Waals surface area contributed by atoms with Gasteiger partial charge in [0.15, 0.2) is 0 Å². The number of halogens is 1. The van der Waals surface area contributed by atoms with Crippen LogP contribution in [-0.2, 0) is 11.3 Å². The molecule has 4 rings (SSSR count). The van der Waals surface area contributed by atoms with Crippen molar-refractivity contribution < 1.29 is 4.79 Å². The van der Waals surface area contributed by atoms with Gasteiger partial charge in [-0.3, -0.25) is 4.79 Å². The number of aromatic nitrogens is 1. The molecule has 2 N–H and O–H groups in total. The normalized spacial score (nSPS) is 17.1. The molecule has 1 fully saturated rings. The van der Waals surface area contributed by atoms with E-state index in [4.69, 9.17) is 0 Å². The van der Waals surface area contributed by atoms with Gasteiger partial charge in [0.25, 0.3) is 0 Å². The highest BCUT2D eigenvalue weighted by Crippen LogP contribution is 2.31. The van der Waals surface area contributed by atoms with E-state index in [9.17, 15) is 4.79 Å². The van der Waals surface area contributed by atoms with Crippen molar-refractivity contribution in [3.63, 3.8) is 0 Å². The summed E-state index contributed by atoms with van der Waals surface area (Å²) in [5, 5.41) is 8.76. The zero-order valence-corrected chi connectivity index (χ0v) is 14.5. The van der Waals surface area contributed by atoms with E-state index in [0.29, 0.717) is 0 Å². The summed E-state index contributed by atoms with van der Waals surface area (Å²) in [6.45, 7) is 4.81. The fourth-order valence-electron chi connectivity index (χ4n) is 3.59. The van der Waals surface area contributed by atoms with Crippen molar-refractivity contribution in [1.29, 1.82) is 0 Å². The molecule has 0 bridgehead atoms. The van der Waals surface area contributed by atoms with Gasteiger partial charge in [0.05, 0.1) is 5.92 Å². The minimum Gasteiger partial charge on any atom is -0.341 e. The van der Waals surface area contributed by atoms with Gasteiger partial charge in [-0.1, -0.05) is 18.2 Å². The molecule has 126 valence electrons. The van der Waals surface area contributed by atoms with Gasteiger partial charge >= 0.3 is 0 Å². The van der Waals surface area contributed by atoms with Crippen molar-refractivity contribution in [2.75, 3.05) is 18.4 Å². The Labute approximate surface area is 147 Å². The third kappa shape index (κ3) is 2.76. The van der Waals surface area contributed by atoms with Gasteiger partial charge in [0, 0.05) is 40.6 Å². The topological polar surface area (TPSA) is 46.1 Å². The van der Waals surface area contributed by atoms with Crippen LogP contribution < -0.4 is 10.6 Å². The van der Waals surface area contributed by atoms with Crippen molar-refractivity contribution in [2.45, 2.75) is 19.9 Å². The average Bonchev–Trinajstić information content (AvgIpc) is 3.21. The zero-order valence-electron chi connectivity index (χ0n) is 13.7. The molecule has 3 aromatic rings. The Balaban J connectivity index is 0.00000169. The number of nitrogens with one attached hydrogen (secondary N) is 2. The van der Waals surface area contributed by atoms with Crippen molar-refractivity contribution in [2.24, 2.45) is 5.92 Å². The van der Waals surface area contributed by atoms with Gasteiger partial charge < -0.3 is 15.2 Å². The summed E-state index contributed by atoms with van der Waals surface area (Å²) in [6, 6.07) is 14.7. The summed E-state index contributed by atoms with van der Waals surface area (Å²) in [5.41, 5.74) is 3.34. The first-order valence-electron chi connectivity index (χ1n) is 8.30. The number of aryl methyl sites for hydroxylation is 1. The second-order valence-electron chi connectivity index (χ2n) is 6.17. The first-order valence-corrected chi connectivity index (χ1v) is 8.30. The number of fused-ring (bicyclic) bond motifs is 3. The maximum Gasteiger partial charge on any atom is 0.228 e. The molecule has 1 aromatic heterocycles. The van der Waals surface area contributed by atoms with Crippen LogP contribution in [0.1, 0.15) is 13.3 Å². The van der Waals surface area contributed by atoms with Gasteiger partial charge in [-0.05, 0) is 44.2 Å². The largest absolute Gasteiger partial charge is 0.341 e. The highest BCUT2D eigenvalue weighted by molar-refractivity contribution is 6.09. The van der Waals surface area contributed by atoms with Gasteiger partial charge in [-0.2, -0.15) is 0 Å². The lowest BCUT2D eigenvalue weighted by Crippen LogP contribution is -2.24. The SMILES string of the molecule is CCn1c2ccccc2c2cc(NC(=O)C3CCNC3)ccc21.Cl. The minimum atomic E-state index is 0. The summed E-state index contributed by atoms with van der Waals surface area (Å²) in [4.78, 5) is 12.3. The van der Waals surface area contributed by atoms with Crippen LogP contribution in [0, 0.1) is 5.92 Å². The van der Waals surface area contributed by atoms with Crippen LogP contribution in [0.2, 0.25) is 0 Å². The zero-order chi connectivity index (χ0) is 15.8. The van der Waals surface area contributed by atoms with E-state index < -0.39 is 0 Å². The first kappa shape index (κ1) is 16.8. The van der Waals surface area contributed by atoms with Crippen molar-refractivity contribution in [3.8, 4) is 0 Å². The number of para-hydroxylation sites is 1. The minimum absolute atomic E-state index is 0. The first-order chi connectivity index (χ1) is 11.3. The Kier molecular flexibility index (Phi) is 4.78. The molecular weight excluding hydrogens is 322 g/mol. The van der Waals surface area contributed by atoms with Crippen molar-refractivity contribution in [3.05, 3.63) is 42.5 Å². The van der Waals surface area contributed by atoms with E-state index in [1.165, 1.54) is 21.8 Å². The summed E-state index contributed by atoms with van der Waals surface area (Å²) in [6.07, 6.45) is 0.920. The Morgan fingerprint density at radius 1 is 1.21 bits per heavy atom. The Morgan fingerprint density at radius 2 is 2.00 bits per heavy atom. The molecule has 0 radical (unpaired) electrons. The molecule has 1 amide bonds. The molecule has 1 aliphatic heterocycles. The second-order valence-corrected chi connectivity index (χ2v) is 6.17. The van der Waals surface area contributed by atoms with Crippen molar-refractivity contribution in [1.82, 2.24) is 9.88 Å². The molecule has 0 spiro atoms. The number of hydrogen-bond acceptors (Lipinski definition) is 2. The Bertz CT molecular complexity index is 881.